The number of ether oxygens (including phenoxy) is 1. The number of hydrogen-bond donors (Lipinski definition) is 1. The van der Waals surface area contributed by atoms with Crippen LogP contribution in [0.25, 0.3) is 0 Å². The molecule has 1 atom stereocenters. The molecule has 0 bridgehead atoms. The van der Waals surface area contributed by atoms with Gasteiger partial charge in [-0.05, 0) is 20.8 Å². The maximum absolute atomic E-state index is 11.1. The van der Waals surface area contributed by atoms with Crippen molar-refractivity contribution in [3.05, 3.63) is 21.5 Å². The van der Waals surface area contributed by atoms with E-state index in [1.807, 2.05) is 13.8 Å². The Labute approximate surface area is 106 Å². The van der Waals surface area contributed by atoms with Crippen LogP contribution in [0.4, 0.5) is 5.69 Å². The highest BCUT2D eigenvalue weighted by Gasteiger charge is 2.27. The van der Waals surface area contributed by atoms with E-state index in [2.05, 4.69) is 5.10 Å². The summed E-state index contributed by atoms with van der Waals surface area (Å²) >= 11 is 0. The molecule has 0 saturated carbocycles. The van der Waals surface area contributed by atoms with E-state index in [4.69, 9.17) is 10.5 Å². The average Bonchev–Trinajstić information content (AvgIpc) is 2.55. The van der Waals surface area contributed by atoms with Crippen molar-refractivity contribution in [2.45, 2.75) is 39.3 Å². The zero-order valence-electron chi connectivity index (χ0n) is 11.2. The molecule has 0 radical (unpaired) electrons. The SMILES string of the molecule is COCC(N)Cc1c([N+](=O)[O-])c(C)nn1C(C)C. The van der Waals surface area contributed by atoms with Gasteiger partial charge in [0, 0.05) is 25.6 Å². The van der Waals surface area contributed by atoms with Gasteiger partial charge in [0.15, 0.2) is 0 Å². The van der Waals surface area contributed by atoms with Gasteiger partial charge in [-0.15, -0.1) is 0 Å². The molecule has 1 aromatic rings. The van der Waals surface area contributed by atoms with Crippen LogP contribution in [0.15, 0.2) is 0 Å². The maximum atomic E-state index is 11.1. The predicted octanol–water partition coefficient (Wildman–Crippen LogP) is 1.20. The first-order chi connectivity index (χ1) is 8.38. The molecule has 18 heavy (non-hydrogen) atoms. The fraction of sp³-hybridized carbons (Fsp3) is 0.727. The lowest BCUT2D eigenvalue weighted by atomic mass is 10.1. The number of nitrogens with two attached hydrogens (primary N) is 1. The zero-order chi connectivity index (χ0) is 13.9. The lowest BCUT2D eigenvalue weighted by Crippen LogP contribution is -2.29. The number of aryl methyl sites for hydroxylation is 1. The first-order valence-corrected chi connectivity index (χ1v) is 5.85. The molecule has 0 amide bonds. The highest BCUT2D eigenvalue weighted by Crippen LogP contribution is 2.26. The maximum Gasteiger partial charge on any atom is 0.313 e. The summed E-state index contributed by atoms with van der Waals surface area (Å²) in [7, 11) is 1.55. The van der Waals surface area contributed by atoms with Crippen LogP contribution in [0.5, 0.6) is 0 Å². The van der Waals surface area contributed by atoms with Crippen molar-refractivity contribution < 1.29 is 9.66 Å². The summed E-state index contributed by atoms with van der Waals surface area (Å²) in [6.07, 6.45) is 0.378. The van der Waals surface area contributed by atoms with Gasteiger partial charge in [0.1, 0.15) is 11.4 Å². The first kappa shape index (κ1) is 14.6. The van der Waals surface area contributed by atoms with Gasteiger partial charge >= 0.3 is 5.69 Å². The standard InChI is InChI=1S/C11H20N4O3/c1-7(2)14-10(5-9(12)6-18-4)11(15(16)17)8(3)13-14/h7,9H,5-6,12H2,1-4H3. The van der Waals surface area contributed by atoms with E-state index in [-0.39, 0.29) is 17.8 Å². The van der Waals surface area contributed by atoms with Crippen LogP contribution < -0.4 is 5.73 Å². The minimum absolute atomic E-state index is 0.0575. The van der Waals surface area contributed by atoms with Crippen LogP contribution >= 0.6 is 0 Å². The lowest BCUT2D eigenvalue weighted by molar-refractivity contribution is -0.386. The minimum Gasteiger partial charge on any atom is -0.383 e. The van der Waals surface area contributed by atoms with Gasteiger partial charge in [0.25, 0.3) is 0 Å². The van der Waals surface area contributed by atoms with Crippen LogP contribution in [0, 0.1) is 17.0 Å². The molecule has 0 aliphatic heterocycles. The molecule has 1 aromatic heterocycles. The lowest BCUT2D eigenvalue weighted by Gasteiger charge is -2.13. The number of rotatable bonds is 6. The number of nitro groups is 1. The second-order valence-electron chi connectivity index (χ2n) is 4.60. The van der Waals surface area contributed by atoms with Crippen LogP contribution in [-0.2, 0) is 11.2 Å². The Kier molecular flexibility index (Phi) is 4.80. The van der Waals surface area contributed by atoms with Crippen molar-refractivity contribution in [3.63, 3.8) is 0 Å². The molecule has 0 spiro atoms. The van der Waals surface area contributed by atoms with Gasteiger partial charge in [-0.2, -0.15) is 5.10 Å². The molecule has 7 nitrogen and oxygen atoms in total. The molecule has 2 N–H and O–H groups in total. The Balaban J connectivity index is 3.15. The summed E-state index contributed by atoms with van der Waals surface area (Å²) in [5, 5.41) is 15.3. The van der Waals surface area contributed by atoms with E-state index in [1.54, 1.807) is 18.7 Å². The molecule has 1 heterocycles. The molecule has 0 aliphatic rings. The van der Waals surface area contributed by atoms with Gasteiger partial charge in [0.2, 0.25) is 0 Å². The molecule has 0 aliphatic carbocycles. The van der Waals surface area contributed by atoms with E-state index in [1.165, 1.54) is 0 Å². The van der Waals surface area contributed by atoms with Gasteiger partial charge in [-0.1, -0.05) is 0 Å². The summed E-state index contributed by atoms with van der Waals surface area (Å²) in [5.74, 6) is 0. The third kappa shape index (κ3) is 3.05. The normalized spacial score (nSPS) is 13.0. The van der Waals surface area contributed by atoms with Gasteiger partial charge < -0.3 is 10.5 Å². The molecule has 7 heteroatoms. The number of aromatic nitrogens is 2. The average molecular weight is 256 g/mol. The first-order valence-electron chi connectivity index (χ1n) is 5.85. The van der Waals surface area contributed by atoms with Crippen LogP contribution in [-0.4, -0.2) is 34.5 Å². The summed E-state index contributed by atoms with van der Waals surface area (Å²) < 4.78 is 6.63. The molecule has 1 rings (SSSR count). The van der Waals surface area contributed by atoms with Crippen molar-refractivity contribution in [1.29, 1.82) is 0 Å². The summed E-state index contributed by atoms with van der Waals surface area (Å²) in [5.41, 5.74) is 6.93. The van der Waals surface area contributed by atoms with Crippen LogP contribution in [0.2, 0.25) is 0 Å². The number of nitrogens with zero attached hydrogens (tertiary/aromatic N) is 3. The zero-order valence-corrected chi connectivity index (χ0v) is 11.2. The Hall–Kier alpha value is -1.47. The summed E-state index contributed by atoms with van der Waals surface area (Å²) in [6, 6.07) is -0.218. The summed E-state index contributed by atoms with van der Waals surface area (Å²) in [4.78, 5) is 10.7. The minimum atomic E-state index is -0.393. The van der Waals surface area contributed by atoms with Crippen molar-refractivity contribution >= 4 is 5.69 Å². The predicted molar refractivity (Wildman–Crippen MR) is 67.6 cm³/mol. The molecule has 1 unspecified atom stereocenters. The van der Waals surface area contributed by atoms with Gasteiger partial charge in [0.05, 0.1) is 11.5 Å². The van der Waals surface area contributed by atoms with Gasteiger partial charge in [-0.25, -0.2) is 0 Å². The van der Waals surface area contributed by atoms with E-state index >= 15 is 0 Å². The third-order valence-corrected chi connectivity index (χ3v) is 2.66. The van der Waals surface area contributed by atoms with Crippen molar-refractivity contribution in [2.75, 3.05) is 13.7 Å². The number of methoxy groups -OCH3 is 1. The largest absolute Gasteiger partial charge is 0.383 e. The second kappa shape index (κ2) is 5.92. The quantitative estimate of drug-likeness (QED) is 0.609. The second-order valence-corrected chi connectivity index (χ2v) is 4.60. The Morgan fingerprint density at radius 2 is 2.17 bits per heavy atom. The highest BCUT2D eigenvalue weighted by molar-refractivity contribution is 5.41. The van der Waals surface area contributed by atoms with Crippen LogP contribution in [0.3, 0.4) is 0 Å². The fourth-order valence-electron chi connectivity index (χ4n) is 1.96. The summed E-state index contributed by atoms with van der Waals surface area (Å²) in [6.45, 7) is 5.87. The molecule has 0 aromatic carbocycles. The Morgan fingerprint density at radius 3 is 2.61 bits per heavy atom. The molecule has 102 valence electrons. The third-order valence-electron chi connectivity index (χ3n) is 2.66. The Bertz CT molecular complexity index is 428. The van der Waals surface area contributed by atoms with E-state index in [0.717, 1.165) is 0 Å². The van der Waals surface area contributed by atoms with Crippen molar-refractivity contribution in [1.82, 2.24) is 9.78 Å². The molecular weight excluding hydrogens is 236 g/mol. The number of hydrogen-bond acceptors (Lipinski definition) is 5. The highest BCUT2D eigenvalue weighted by atomic mass is 16.6. The van der Waals surface area contributed by atoms with E-state index in [9.17, 15) is 10.1 Å². The monoisotopic (exact) mass is 256 g/mol. The topological polar surface area (TPSA) is 96.2 Å². The van der Waals surface area contributed by atoms with E-state index in [0.29, 0.717) is 24.4 Å². The fourth-order valence-corrected chi connectivity index (χ4v) is 1.96. The molecule has 0 fully saturated rings. The molecular formula is C11H20N4O3. The Morgan fingerprint density at radius 1 is 1.56 bits per heavy atom. The van der Waals surface area contributed by atoms with Crippen LogP contribution in [0.1, 0.15) is 31.3 Å². The van der Waals surface area contributed by atoms with Gasteiger partial charge in [-0.3, -0.25) is 14.8 Å². The smallest absolute Gasteiger partial charge is 0.313 e. The van der Waals surface area contributed by atoms with E-state index < -0.39 is 4.92 Å². The molecule has 0 saturated heterocycles. The van der Waals surface area contributed by atoms with Crippen molar-refractivity contribution in [2.24, 2.45) is 5.73 Å². The van der Waals surface area contributed by atoms with Crippen molar-refractivity contribution in [3.8, 4) is 0 Å².